The van der Waals surface area contributed by atoms with Crippen LogP contribution in [0, 0.1) is 0 Å². The van der Waals surface area contributed by atoms with Gasteiger partial charge in [0.2, 0.25) is 5.16 Å². The fraction of sp³-hybridized carbons (Fsp3) is 0.312. The number of thioether (sulfide) groups is 1. The fourth-order valence-electron chi connectivity index (χ4n) is 2.10. The molecule has 0 aliphatic carbocycles. The highest BCUT2D eigenvalue weighted by molar-refractivity contribution is 7.99. The molecule has 0 aliphatic heterocycles. The van der Waals surface area contributed by atoms with E-state index in [1.54, 1.807) is 34.9 Å². The largest absolute Gasteiger partial charge is 0.424 e. The van der Waals surface area contributed by atoms with Crippen molar-refractivity contribution < 1.29 is 4.74 Å². The first-order valence-corrected chi connectivity index (χ1v) is 8.89. The van der Waals surface area contributed by atoms with E-state index in [2.05, 4.69) is 36.9 Å². The monoisotopic (exact) mass is 357 g/mol. The van der Waals surface area contributed by atoms with Crippen molar-refractivity contribution in [2.75, 3.05) is 12.3 Å². The van der Waals surface area contributed by atoms with Gasteiger partial charge in [-0.1, -0.05) is 23.9 Å². The van der Waals surface area contributed by atoms with Crippen LogP contribution < -0.4 is 10.1 Å². The van der Waals surface area contributed by atoms with Gasteiger partial charge in [-0.15, -0.1) is 5.10 Å². The lowest BCUT2D eigenvalue weighted by Crippen LogP contribution is -2.15. The third-order valence-corrected chi connectivity index (χ3v) is 4.39. The number of tetrazole rings is 1. The second-order valence-corrected chi connectivity index (χ2v) is 6.31. The Balaban J connectivity index is 1.38. The standard InChI is InChI=1S/C16H19N7OS/c1-23-16(20-21-22-23)25-10-4-7-17-12-13-5-2-6-14(11-13)24-15-18-8-3-9-19-15/h2-3,5-6,8-9,11,17H,4,7,10,12H2,1H3. The van der Waals surface area contributed by atoms with Crippen LogP contribution in [0.15, 0.2) is 47.9 Å². The molecular formula is C16H19N7OS. The lowest BCUT2D eigenvalue weighted by Gasteiger charge is -2.07. The molecule has 130 valence electrons. The molecule has 0 radical (unpaired) electrons. The molecule has 1 aromatic carbocycles. The van der Waals surface area contributed by atoms with Gasteiger partial charge in [0.25, 0.3) is 0 Å². The van der Waals surface area contributed by atoms with Crippen molar-refractivity contribution in [3.05, 3.63) is 48.3 Å². The normalized spacial score (nSPS) is 10.8. The van der Waals surface area contributed by atoms with Crippen molar-refractivity contribution in [2.45, 2.75) is 18.1 Å². The number of rotatable bonds is 9. The molecule has 0 atom stereocenters. The molecular weight excluding hydrogens is 338 g/mol. The van der Waals surface area contributed by atoms with Crippen molar-refractivity contribution in [2.24, 2.45) is 7.05 Å². The molecule has 25 heavy (non-hydrogen) atoms. The van der Waals surface area contributed by atoms with Crippen LogP contribution in [0.4, 0.5) is 0 Å². The van der Waals surface area contributed by atoms with Gasteiger partial charge < -0.3 is 10.1 Å². The van der Waals surface area contributed by atoms with Gasteiger partial charge in [0, 0.05) is 31.7 Å². The number of nitrogens with zero attached hydrogens (tertiary/aromatic N) is 6. The molecule has 1 N–H and O–H groups in total. The molecule has 3 aromatic rings. The van der Waals surface area contributed by atoms with E-state index in [0.29, 0.717) is 6.01 Å². The third kappa shape index (κ3) is 5.50. The summed E-state index contributed by atoms with van der Waals surface area (Å²) in [5, 5.41) is 15.6. The lowest BCUT2D eigenvalue weighted by molar-refractivity contribution is 0.441. The highest BCUT2D eigenvalue weighted by Gasteiger charge is 2.03. The van der Waals surface area contributed by atoms with Crippen LogP contribution in [-0.2, 0) is 13.6 Å². The van der Waals surface area contributed by atoms with Gasteiger partial charge in [-0.25, -0.2) is 14.6 Å². The predicted molar refractivity (Wildman–Crippen MR) is 94.4 cm³/mol. The number of nitrogens with one attached hydrogen (secondary N) is 1. The SMILES string of the molecule is Cn1nnnc1SCCCNCc1cccc(Oc2ncccn2)c1. The van der Waals surface area contributed by atoms with E-state index in [9.17, 15) is 0 Å². The molecule has 0 amide bonds. The van der Waals surface area contributed by atoms with E-state index >= 15 is 0 Å². The van der Waals surface area contributed by atoms with E-state index in [4.69, 9.17) is 4.74 Å². The van der Waals surface area contributed by atoms with Crippen molar-refractivity contribution in [1.29, 1.82) is 0 Å². The van der Waals surface area contributed by atoms with Gasteiger partial charge in [0.05, 0.1) is 0 Å². The van der Waals surface area contributed by atoms with E-state index in [1.807, 2.05) is 25.2 Å². The summed E-state index contributed by atoms with van der Waals surface area (Å²) in [6.45, 7) is 1.70. The molecule has 2 aromatic heterocycles. The summed E-state index contributed by atoms with van der Waals surface area (Å²) in [5.41, 5.74) is 1.15. The first-order chi connectivity index (χ1) is 12.3. The van der Waals surface area contributed by atoms with E-state index in [0.717, 1.165) is 41.7 Å². The minimum absolute atomic E-state index is 0.350. The maximum Gasteiger partial charge on any atom is 0.321 e. The summed E-state index contributed by atoms with van der Waals surface area (Å²) in [4.78, 5) is 8.12. The Kier molecular flexibility index (Phi) is 6.29. The van der Waals surface area contributed by atoms with Crippen LogP contribution in [0.1, 0.15) is 12.0 Å². The minimum Gasteiger partial charge on any atom is -0.424 e. The second-order valence-electron chi connectivity index (χ2n) is 5.24. The average Bonchev–Trinajstić information content (AvgIpc) is 3.04. The number of aryl methyl sites for hydroxylation is 1. The number of hydrogen-bond acceptors (Lipinski definition) is 8. The zero-order chi connectivity index (χ0) is 17.3. The molecule has 3 rings (SSSR count). The van der Waals surface area contributed by atoms with Gasteiger partial charge in [-0.05, 0) is 47.2 Å². The lowest BCUT2D eigenvalue weighted by atomic mass is 10.2. The first-order valence-electron chi connectivity index (χ1n) is 7.91. The van der Waals surface area contributed by atoms with Crippen molar-refractivity contribution >= 4 is 11.8 Å². The number of ether oxygens (including phenoxy) is 1. The van der Waals surface area contributed by atoms with Crippen molar-refractivity contribution in [3.8, 4) is 11.8 Å². The zero-order valence-corrected chi connectivity index (χ0v) is 14.7. The smallest absolute Gasteiger partial charge is 0.321 e. The molecule has 0 saturated carbocycles. The van der Waals surface area contributed by atoms with Crippen LogP contribution >= 0.6 is 11.8 Å². The highest BCUT2D eigenvalue weighted by atomic mass is 32.2. The topological polar surface area (TPSA) is 90.6 Å². The van der Waals surface area contributed by atoms with Gasteiger partial charge >= 0.3 is 6.01 Å². The third-order valence-electron chi connectivity index (χ3n) is 3.29. The van der Waals surface area contributed by atoms with Crippen LogP contribution in [0.25, 0.3) is 0 Å². The Hall–Kier alpha value is -2.52. The molecule has 0 saturated heterocycles. The maximum atomic E-state index is 5.64. The quantitative estimate of drug-likeness (QED) is 0.460. The Labute approximate surface area is 150 Å². The summed E-state index contributed by atoms with van der Waals surface area (Å²) in [7, 11) is 1.84. The molecule has 9 heteroatoms. The van der Waals surface area contributed by atoms with Gasteiger partial charge in [0.1, 0.15) is 5.75 Å². The van der Waals surface area contributed by atoms with Gasteiger partial charge in [0.15, 0.2) is 0 Å². The van der Waals surface area contributed by atoms with E-state index < -0.39 is 0 Å². The average molecular weight is 357 g/mol. The Morgan fingerprint density at radius 3 is 2.88 bits per heavy atom. The van der Waals surface area contributed by atoms with Crippen molar-refractivity contribution in [3.63, 3.8) is 0 Å². The Morgan fingerprint density at radius 1 is 1.20 bits per heavy atom. The molecule has 8 nitrogen and oxygen atoms in total. The zero-order valence-electron chi connectivity index (χ0n) is 13.9. The highest BCUT2D eigenvalue weighted by Crippen LogP contribution is 2.18. The second kappa shape index (κ2) is 9.09. The molecule has 0 fully saturated rings. The summed E-state index contributed by atoms with van der Waals surface area (Å²) in [6, 6.07) is 10.0. The van der Waals surface area contributed by atoms with E-state index in [-0.39, 0.29) is 0 Å². The number of hydrogen-bond donors (Lipinski definition) is 1. The van der Waals surface area contributed by atoms with Crippen LogP contribution in [0.3, 0.4) is 0 Å². The van der Waals surface area contributed by atoms with Crippen LogP contribution in [-0.4, -0.2) is 42.5 Å². The minimum atomic E-state index is 0.350. The van der Waals surface area contributed by atoms with E-state index in [1.165, 1.54) is 0 Å². The molecule has 0 spiro atoms. The molecule has 0 bridgehead atoms. The van der Waals surface area contributed by atoms with Crippen LogP contribution in [0.5, 0.6) is 11.8 Å². The Morgan fingerprint density at radius 2 is 2.08 bits per heavy atom. The number of benzene rings is 1. The summed E-state index contributed by atoms with van der Waals surface area (Å²) >= 11 is 1.66. The first kappa shape index (κ1) is 17.3. The molecule has 2 heterocycles. The van der Waals surface area contributed by atoms with Gasteiger partial charge in [-0.2, -0.15) is 0 Å². The molecule has 0 unspecified atom stereocenters. The summed E-state index contributed by atoms with van der Waals surface area (Å²) in [5.74, 6) is 1.70. The van der Waals surface area contributed by atoms with Crippen molar-refractivity contribution in [1.82, 2.24) is 35.5 Å². The van der Waals surface area contributed by atoms with Gasteiger partial charge in [-0.3, -0.25) is 0 Å². The molecule has 0 aliphatic rings. The summed E-state index contributed by atoms with van der Waals surface area (Å²) in [6.07, 6.45) is 4.34. The van der Waals surface area contributed by atoms with Crippen LogP contribution in [0.2, 0.25) is 0 Å². The number of aromatic nitrogens is 6. The predicted octanol–water partition coefficient (Wildman–Crippen LogP) is 2.06. The Bertz CT molecular complexity index is 781. The fourth-order valence-corrected chi connectivity index (χ4v) is 2.89. The maximum absolute atomic E-state index is 5.64. The summed E-state index contributed by atoms with van der Waals surface area (Å²) < 4.78 is 7.32.